The summed E-state index contributed by atoms with van der Waals surface area (Å²) >= 11 is 1.17. The number of hydrogen-bond donors (Lipinski definition) is 2. The van der Waals surface area contributed by atoms with Gasteiger partial charge in [-0.1, -0.05) is 23.5 Å². The van der Waals surface area contributed by atoms with E-state index in [1.54, 1.807) is 6.07 Å². The van der Waals surface area contributed by atoms with Gasteiger partial charge in [-0.3, -0.25) is 9.59 Å². The fourth-order valence-corrected chi connectivity index (χ4v) is 5.52. The van der Waals surface area contributed by atoms with Crippen LogP contribution in [0.25, 0.3) is 10.2 Å². The zero-order valence-electron chi connectivity index (χ0n) is 13.7. The summed E-state index contributed by atoms with van der Waals surface area (Å²) in [5.74, 6) is -2.79. The first kappa shape index (κ1) is 17.2. The minimum Gasteiger partial charge on any atom is -0.481 e. The number of benzene rings is 1. The molecule has 4 atom stereocenters. The topological polar surface area (TPSA) is 113 Å². The summed E-state index contributed by atoms with van der Waals surface area (Å²) in [6, 6.07) is 4.60. The minimum atomic E-state index is -3.33. The molecule has 1 saturated carbocycles. The summed E-state index contributed by atoms with van der Waals surface area (Å²) in [6.07, 6.45) is 5.63. The van der Waals surface area contributed by atoms with Crippen LogP contribution in [0.3, 0.4) is 0 Å². The van der Waals surface area contributed by atoms with Crippen LogP contribution < -0.4 is 5.32 Å². The van der Waals surface area contributed by atoms with Crippen LogP contribution in [0.5, 0.6) is 0 Å². The molecule has 2 N–H and O–H groups in total. The van der Waals surface area contributed by atoms with Gasteiger partial charge in [-0.25, -0.2) is 13.4 Å². The monoisotopic (exact) mass is 392 g/mol. The van der Waals surface area contributed by atoms with E-state index in [4.69, 9.17) is 0 Å². The number of thiazole rings is 1. The molecule has 2 aromatic rings. The van der Waals surface area contributed by atoms with E-state index >= 15 is 0 Å². The van der Waals surface area contributed by atoms with Crippen molar-refractivity contribution in [2.45, 2.75) is 11.3 Å². The zero-order valence-corrected chi connectivity index (χ0v) is 15.4. The van der Waals surface area contributed by atoms with Crippen LogP contribution in [0.15, 0.2) is 35.2 Å². The van der Waals surface area contributed by atoms with Gasteiger partial charge in [-0.15, -0.1) is 0 Å². The lowest BCUT2D eigenvalue weighted by Crippen LogP contribution is -2.36. The Bertz CT molecular complexity index is 1060. The summed E-state index contributed by atoms with van der Waals surface area (Å²) in [5.41, 5.74) is 0.584. The molecule has 1 heterocycles. The van der Waals surface area contributed by atoms with Crippen molar-refractivity contribution >= 4 is 48.4 Å². The fourth-order valence-electron chi connectivity index (χ4n) is 3.89. The third-order valence-electron chi connectivity index (χ3n) is 5.07. The van der Waals surface area contributed by atoms with E-state index < -0.39 is 27.6 Å². The molecular formula is C17H16N2O5S2. The average Bonchev–Trinajstić information content (AvgIpc) is 3.25. The normalized spacial score (nSPS) is 27.1. The van der Waals surface area contributed by atoms with E-state index in [1.165, 1.54) is 23.5 Å². The number of nitrogens with zero attached hydrogens (tertiary/aromatic N) is 1. The number of carbonyl (C=O) groups is 2. The van der Waals surface area contributed by atoms with Crippen molar-refractivity contribution in [3.63, 3.8) is 0 Å². The molecule has 0 spiro atoms. The van der Waals surface area contributed by atoms with Crippen LogP contribution in [0, 0.1) is 23.7 Å². The second kappa shape index (κ2) is 5.88. The molecule has 0 unspecified atom stereocenters. The van der Waals surface area contributed by atoms with Crippen molar-refractivity contribution in [1.82, 2.24) is 4.98 Å². The van der Waals surface area contributed by atoms with Crippen LogP contribution in [-0.4, -0.2) is 36.6 Å². The minimum absolute atomic E-state index is 0.0627. The maximum absolute atomic E-state index is 12.7. The molecule has 2 aliphatic rings. The molecule has 1 amide bonds. The van der Waals surface area contributed by atoms with Gasteiger partial charge in [0.25, 0.3) is 0 Å². The number of carbonyl (C=O) groups excluding carboxylic acids is 1. The Kier molecular flexibility index (Phi) is 3.89. The highest BCUT2D eigenvalue weighted by Crippen LogP contribution is 2.48. The number of aromatic nitrogens is 1. The van der Waals surface area contributed by atoms with Crippen LogP contribution >= 0.6 is 11.3 Å². The number of amides is 1. The van der Waals surface area contributed by atoms with Crippen LogP contribution in [0.2, 0.25) is 0 Å². The highest BCUT2D eigenvalue weighted by molar-refractivity contribution is 7.90. The first-order chi connectivity index (χ1) is 12.2. The number of nitrogens with one attached hydrogen (secondary N) is 1. The quantitative estimate of drug-likeness (QED) is 0.771. The van der Waals surface area contributed by atoms with E-state index in [1.807, 2.05) is 12.2 Å². The first-order valence-electron chi connectivity index (χ1n) is 8.06. The number of sulfone groups is 1. The smallest absolute Gasteiger partial charge is 0.307 e. The summed E-state index contributed by atoms with van der Waals surface area (Å²) in [6.45, 7) is 0. The summed E-state index contributed by atoms with van der Waals surface area (Å²) in [4.78, 5) is 28.7. The van der Waals surface area contributed by atoms with Crippen molar-refractivity contribution in [1.29, 1.82) is 0 Å². The van der Waals surface area contributed by atoms with Crippen molar-refractivity contribution in [2.24, 2.45) is 23.7 Å². The predicted molar refractivity (Wildman–Crippen MR) is 96.7 cm³/mol. The van der Waals surface area contributed by atoms with Gasteiger partial charge in [0.1, 0.15) is 0 Å². The lowest BCUT2D eigenvalue weighted by atomic mass is 9.82. The predicted octanol–water partition coefficient (Wildman–Crippen LogP) is 2.16. The molecule has 0 aliphatic heterocycles. The molecule has 2 bridgehead atoms. The number of allylic oxidation sites excluding steroid dienone is 2. The largest absolute Gasteiger partial charge is 0.481 e. The Morgan fingerprint density at radius 3 is 2.58 bits per heavy atom. The molecule has 9 heteroatoms. The number of anilines is 1. The van der Waals surface area contributed by atoms with E-state index in [0.717, 1.165) is 6.26 Å². The van der Waals surface area contributed by atoms with Gasteiger partial charge in [0, 0.05) is 6.26 Å². The van der Waals surface area contributed by atoms with Gasteiger partial charge in [-0.2, -0.15) is 0 Å². The first-order valence-corrected chi connectivity index (χ1v) is 10.8. The molecule has 1 fully saturated rings. The van der Waals surface area contributed by atoms with Gasteiger partial charge in [0.2, 0.25) is 5.91 Å². The highest BCUT2D eigenvalue weighted by Gasteiger charge is 2.51. The van der Waals surface area contributed by atoms with Gasteiger partial charge in [-0.05, 0) is 36.5 Å². The van der Waals surface area contributed by atoms with Crippen molar-refractivity contribution in [3.05, 3.63) is 30.4 Å². The molecule has 1 aromatic carbocycles. The maximum Gasteiger partial charge on any atom is 0.307 e. The third kappa shape index (κ3) is 2.80. The number of hydrogen-bond acceptors (Lipinski definition) is 6. The Morgan fingerprint density at radius 1 is 1.23 bits per heavy atom. The van der Waals surface area contributed by atoms with Crippen LogP contribution in [-0.2, 0) is 19.4 Å². The summed E-state index contributed by atoms with van der Waals surface area (Å²) in [5, 5.41) is 12.5. The Hall–Kier alpha value is -2.26. The van der Waals surface area contributed by atoms with Gasteiger partial charge < -0.3 is 10.4 Å². The summed E-state index contributed by atoms with van der Waals surface area (Å²) in [7, 11) is -3.33. The average molecular weight is 392 g/mol. The maximum atomic E-state index is 12.7. The number of rotatable bonds is 4. The molecule has 7 nitrogen and oxygen atoms in total. The molecular weight excluding hydrogens is 376 g/mol. The molecule has 2 aliphatic carbocycles. The number of aliphatic carboxylic acids is 1. The third-order valence-corrected chi connectivity index (χ3v) is 7.11. The molecule has 0 saturated heterocycles. The fraction of sp³-hybridized carbons (Fsp3) is 0.353. The Labute approximate surface area is 153 Å². The second-order valence-corrected chi connectivity index (χ2v) is 9.79. The number of carboxylic acids is 1. The van der Waals surface area contributed by atoms with Gasteiger partial charge >= 0.3 is 5.97 Å². The molecule has 26 heavy (non-hydrogen) atoms. The van der Waals surface area contributed by atoms with E-state index in [2.05, 4.69) is 10.3 Å². The van der Waals surface area contributed by atoms with Gasteiger partial charge in [0.05, 0.1) is 26.9 Å². The van der Waals surface area contributed by atoms with E-state index in [-0.39, 0.29) is 22.6 Å². The summed E-state index contributed by atoms with van der Waals surface area (Å²) < 4.78 is 24.0. The molecule has 1 aromatic heterocycles. The van der Waals surface area contributed by atoms with Crippen molar-refractivity contribution in [3.8, 4) is 0 Å². The molecule has 4 rings (SSSR count). The number of fused-ring (bicyclic) bond motifs is 3. The van der Waals surface area contributed by atoms with Crippen LogP contribution in [0.4, 0.5) is 5.13 Å². The number of carboxylic acid groups (broad SMARTS) is 1. The van der Waals surface area contributed by atoms with E-state index in [9.17, 15) is 23.1 Å². The standard InChI is InChI=1S/C17H16N2O5S2/c1-26(23,24)10-4-5-11-12(7-10)25-17(18-11)19-15(20)13-8-2-3-9(6-8)14(13)16(21)22/h2-5,7-9,13-14H,6H2,1H3,(H,21,22)(H,18,19,20)/t8-,9-,13-,14-/m0/s1. The van der Waals surface area contributed by atoms with Crippen LogP contribution in [0.1, 0.15) is 6.42 Å². The van der Waals surface area contributed by atoms with Gasteiger partial charge in [0.15, 0.2) is 15.0 Å². The van der Waals surface area contributed by atoms with Crippen molar-refractivity contribution < 1.29 is 23.1 Å². The lowest BCUT2D eigenvalue weighted by molar-refractivity contribution is -0.146. The zero-order chi connectivity index (χ0) is 18.6. The van der Waals surface area contributed by atoms with Crippen molar-refractivity contribution in [2.75, 3.05) is 11.6 Å². The second-order valence-electron chi connectivity index (χ2n) is 6.75. The Morgan fingerprint density at radius 2 is 1.92 bits per heavy atom. The SMILES string of the molecule is CS(=O)(=O)c1ccc2nc(NC(=O)[C@@H]3[C@@H](C(=O)O)[C@H]4C=C[C@H]3C4)sc2c1. The highest BCUT2D eigenvalue weighted by atomic mass is 32.2. The molecule has 136 valence electrons. The molecule has 0 radical (unpaired) electrons. The lowest BCUT2D eigenvalue weighted by Gasteiger charge is -2.23. The Balaban J connectivity index is 1.60. The van der Waals surface area contributed by atoms with E-state index in [0.29, 0.717) is 21.8 Å².